The van der Waals surface area contributed by atoms with Gasteiger partial charge in [-0.2, -0.15) is 0 Å². The third kappa shape index (κ3) is 8.55. The molecule has 5 amide bonds. The predicted molar refractivity (Wildman–Crippen MR) is 197 cm³/mol. The zero-order chi connectivity index (χ0) is 37.9. The highest BCUT2D eigenvalue weighted by Gasteiger charge is 2.62. The summed E-state index contributed by atoms with van der Waals surface area (Å²) in [5, 5.41) is 4.99. The Labute approximate surface area is 317 Å². The molecular weight excluding hydrogens is 715 g/mol. The molecule has 3 heterocycles. The summed E-state index contributed by atoms with van der Waals surface area (Å²) in [4.78, 5) is 72.2. The Balaban J connectivity index is 1.12. The van der Waals surface area contributed by atoms with E-state index in [4.69, 9.17) is 9.47 Å². The molecule has 6 aliphatic rings. The molecule has 3 N–H and O–H groups in total. The molecule has 0 radical (unpaired) electrons. The van der Waals surface area contributed by atoms with Gasteiger partial charge in [0.15, 0.2) is 0 Å². The standard InChI is InChI=1S/C39H53N5O9S/c45-34-33-22-30(53-38(49)43-21-20-26-12-6-7-13-27(26)24-43)25-44(33)35(46)32(40-37(48)52-29-15-8-9-16-29)19-5-3-1-2-4-14-28-23-39(28,41-34)36(47)42-54(50,51)31-17-10-11-18-31/h4,6-7,12-14,28-33H,1-3,5,8-11,15-25H2,(H,40,48)(H,41,45)(H,42,47)/b14-4-/t28-,30-,32+,33+,39-/m1/s1. The van der Waals surface area contributed by atoms with Gasteiger partial charge in [-0.05, 0) is 81.8 Å². The first-order valence-corrected chi connectivity index (χ1v) is 21.4. The molecule has 14 nitrogen and oxygen atoms in total. The fraction of sp³-hybridized carbons (Fsp3) is 0.667. The van der Waals surface area contributed by atoms with Crippen LogP contribution in [-0.4, -0.2) is 96.3 Å². The summed E-state index contributed by atoms with van der Waals surface area (Å²) in [6, 6.07) is 5.75. The van der Waals surface area contributed by atoms with Gasteiger partial charge >= 0.3 is 12.2 Å². The Bertz CT molecular complexity index is 1740. The van der Waals surface area contributed by atoms with E-state index in [1.54, 1.807) is 4.90 Å². The molecular formula is C39H53N5O9S. The maximum absolute atomic E-state index is 14.4. The van der Waals surface area contributed by atoms with Crippen LogP contribution in [0.3, 0.4) is 0 Å². The van der Waals surface area contributed by atoms with Crippen LogP contribution in [0.5, 0.6) is 0 Å². The molecule has 5 atom stereocenters. The van der Waals surface area contributed by atoms with Gasteiger partial charge in [0.2, 0.25) is 21.8 Å². The lowest BCUT2D eigenvalue weighted by atomic mass is 10.0. The summed E-state index contributed by atoms with van der Waals surface area (Å²) < 4.78 is 40.3. The third-order valence-corrected chi connectivity index (χ3v) is 14.0. The number of amides is 5. The van der Waals surface area contributed by atoms with Crippen molar-refractivity contribution in [2.45, 2.75) is 144 Å². The molecule has 7 rings (SSSR count). The number of ether oxygens (including phenoxy) is 2. The van der Waals surface area contributed by atoms with Crippen LogP contribution in [0.4, 0.5) is 9.59 Å². The van der Waals surface area contributed by atoms with Crippen LogP contribution in [0.25, 0.3) is 0 Å². The van der Waals surface area contributed by atoms with Gasteiger partial charge in [0.05, 0.1) is 11.8 Å². The number of alkyl carbamates (subject to hydrolysis) is 1. The zero-order valence-corrected chi connectivity index (χ0v) is 31.7. The highest BCUT2D eigenvalue weighted by molar-refractivity contribution is 7.90. The molecule has 3 aliphatic carbocycles. The number of hydrogen-bond acceptors (Lipinski definition) is 9. The minimum absolute atomic E-state index is 0.0362. The maximum atomic E-state index is 14.4. The van der Waals surface area contributed by atoms with Crippen molar-refractivity contribution in [3.8, 4) is 0 Å². The summed E-state index contributed by atoms with van der Waals surface area (Å²) in [5.41, 5.74) is 0.675. The van der Waals surface area contributed by atoms with Crippen LogP contribution in [0.1, 0.15) is 107 Å². The molecule has 3 saturated carbocycles. The first kappa shape index (κ1) is 38.1. The molecule has 0 bridgehead atoms. The molecule has 294 valence electrons. The first-order chi connectivity index (χ1) is 26.0. The van der Waals surface area contributed by atoms with Crippen molar-refractivity contribution in [3.63, 3.8) is 0 Å². The van der Waals surface area contributed by atoms with Crippen molar-refractivity contribution in [2.75, 3.05) is 13.1 Å². The van der Waals surface area contributed by atoms with Gasteiger partial charge in [-0.15, -0.1) is 0 Å². The van der Waals surface area contributed by atoms with Crippen LogP contribution in [-0.2, 0) is 46.8 Å². The van der Waals surface area contributed by atoms with Crippen LogP contribution in [0.2, 0.25) is 0 Å². The van der Waals surface area contributed by atoms with Gasteiger partial charge in [0, 0.05) is 25.4 Å². The van der Waals surface area contributed by atoms with Crippen LogP contribution >= 0.6 is 0 Å². The molecule has 1 saturated heterocycles. The summed E-state index contributed by atoms with van der Waals surface area (Å²) in [6.07, 6.45) is 11.5. The molecule has 3 aliphatic heterocycles. The second-order valence-electron chi connectivity index (χ2n) is 15.9. The number of fused-ring (bicyclic) bond motifs is 3. The number of carbonyl (C=O) groups excluding carboxylic acids is 5. The number of carbonyl (C=O) groups is 5. The van der Waals surface area contributed by atoms with E-state index in [9.17, 15) is 32.4 Å². The molecule has 4 fully saturated rings. The molecule has 15 heteroatoms. The van der Waals surface area contributed by atoms with Crippen LogP contribution in [0, 0.1) is 5.92 Å². The minimum Gasteiger partial charge on any atom is -0.446 e. The fourth-order valence-corrected chi connectivity index (χ4v) is 10.4. The highest BCUT2D eigenvalue weighted by Crippen LogP contribution is 2.46. The molecule has 1 aromatic carbocycles. The van der Waals surface area contributed by atoms with E-state index in [1.165, 1.54) is 10.5 Å². The predicted octanol–water partition coefficient (Wildman–Crippen LogP) is 3.97. The van der Waals surface area contributed by atoms with Crippen molar-refractivity contribution in [1.29, 1.82) is 0 Å². The SMILES string of the molecule is O=C(N[C@H]1CCCCC/C=C\[C@@H]2C[C@@]2(C(=O)NS(=O)(=O)C2CCCC2)NC(=O)[C@@H]2C[C@@H](OC(=O)N3CCc4ccccc4C3)CN2C1=O)OC1CCCC1. The number of allylic oxidation sites excluding steroid dienone is 1. The summed E-state index contributed by atoms with van der Waals surface area (Å²) in [7, 11) is -3.96. The van der Waals surface area contributed by atoms with E-state index in [1.807, 2.05) is 36.4 Å². The molecule has 0 spiro atoms. The van der Waals surface area contributed by atoms with Gasteiger partial charge < -0.3 is 29.9 Å². The number of benzene rings is 1. The number of hydrogen-bond donors (Lipinski definition) is 3. The molecule has 0 unspecified atom stereocenters. The molecule has 1 aromatic rings. The van der Waals surface area contributed by atoms with E-state index in [2.05, 4.69) is 15.4 Å². The number of sulfonamides is 1. The van der Waals surface area contributed by atoms with Crippen LogP contribution in [0.15, 0.2) is 36.4 Å². The van der Waals surface area contributed by atoms with E-state index in [0.717, 1.165) is 56.9 Å². The quantitative estimate of drug-likeness (QED) is 0.361. The van der Waals surface area contributed by atoms with Gasteiger partial charge in [-0.25, -0.2) is 18.0 Å². The normalized spacial score (nSPS) is 30.1. The average Bonchev–Trinajstić information content (AvgIpc) is 3.67. The minimum atomic E-state index is -3.96. The zero-order valence-electron chi connectivity index (χ0n) is 30.8. The maximum Gasteiger partial charge on any atom is 0.410 e. The topological polar surface area (TPSA) is 181 Å². The largest absolute Gasteiger partial charge is 0.446 e. The van der Waals surface area contributed by atoms with Crippen LogP contribution < -0.4 is 15.4 Å². The van der Waals surface area contributed by atoms with Crippen molar-refractivity contribution in [1.82, 2.24) is 25.2 Å². The lowest BCUT2D eigenvalue weighted by Crippen LogP contribution is -2.58. The third-order valence-electron chi connectivity index (χ3n) is 12.1. The van der Waals surface area contributed by atoms with Crippen molar-refractivity contribution in [2.24, 2.45) is 5.92 Å². The Kier molecular flexibility index (Phi) is 11.5. The Morgan fingerprint density at radius 1 is 0.870 bits per heavy atom. The number of rotatable bonds is 6. The van der Waals surface area contributed by atoms with Crippen molar-refractivity contribution >= 4 is 39.9 Å². The highest BCUT2D eigenvalue weighted by atomic mass is 32.2. The second-order valence-corrected chi connectivity index (χ2v) is 17.9. The van der Waals surface area contributed by atoms with Gasteiger partial charge in [-0.1, -0.05) is 62.1 Å². The van der Waals surface area contributed by atoms with Crippen molar-refractivity contribution in [3.05, 3.63) is 47.5 Å². The number of nitrogens with one attached hydrogen (secondary N) is 3. The number of nitrogens with zero attached hydrogens (tertiary/aromatic N) is 2. The van der Waals surface area contributed by atoms with Gasteiger partial charge in [-0.3, -0.25) is 19.1 Å². The Morgan fingerprint density at radius 3 is 2.37 bits per heavy atom. The molecule has 54 heavy (non-hydrogen) atoms. The summed E-state index contributed by atoms with van der Waals surface area (Å²) in [5.74, 6) is -2.39. The lowest BCUT2D eigenvalue weighted by Gasteiger charge is -2.30. The summed E-state index contributed by atoms with van der Waals surface area (Å²) in [6.45, 7) is 0.738. The van der Waals surface area contributed by atoms with E-state index in [-0.39, 0.29) is 25.5 Å². The van der Waals surface area contributed by atoms with E-state index >= 15 is 0 Å². The second kappa shape index (κ2) is 16.3. The van der Waals surface area contributed by atoms with Gasteiger partial charge in [0.25, 0.3) is 5.91 Å². The smallest absolute Gasteiger partial charge is 0.410 e. The average molecular weight is 768 g/mol. The lowest BCUT2D eigenvalue weighted by molar-refractivity contribution is -0.141. The first-order valence-electron chi connectivity index (χ1n) is 19.9. The molecule has 0 aromatic heterocycles. The fourth-order valence-electron chi connectivity index (χ4n) is 8.87. The monoisotopic (exact) mass is 767 g/mol. The van der Waals surface area contributed by atoms with E-state index in [0.29, 0.717) is 51.6 Å². The van der Waals surface area contributed by atoms with E-state index < -0.39 is 74.8 Å². The Morgan fingerprint density at radius 2 is 1.59 bits per heavy atom. The van der Waals surface area contributed by atoms with Crippen molar-refractivity contribution < 1.29 is 41.9 Å². The summed E-state index contributed by atoms with van der Waals surface area (Å²) >= 11 is 0. The van der Waals surface area contributed by atoms with Gasteiger partial charge in [0.1, 0.15) is 29.8 Å². The Hall–Kier alpha value is -4.14.